The first kappa shape index (κ1) is 17.1. The van der Waals surface area contributed by atoms with Gasteiger partial charge in [-0.3, -0.25) is 4.79 Å². The third-order valence-corrected chi connectivity index (χ3v) is 3.93. The predicted molar refractivity (Wildman–Crippen MR) is 91.2 cm³/mol. The van der Waals surface area contributed by atoms with Gasteiger partial charge in [-0.15, -0.1) is 0 Å². The Bertz CT molecular complexity index is 871. The molecule has 3 aromatic rings. The van der Waals surface area contributed by atoms with Gasteiger partial charge in [0.05, 0.1) is 17.1 Å². The van der Waals surface area contributed by atoms with Gasteiger partial charge in [0.1, 0.15) is 23.8 Å². The number of carbonyl (C=O) groups excluding carboxylic acids is 1. The topological polar surface area (TPSA) is 88.5 Å². The van der Waals surface area contributed by atoms with Crippen LogP contribution in [0.25, 0.3) is 11.0 Å². The average molecular weight is 344 g/mol. The first-order chi connectivity index (χ1) is 12.1. The lowest BCUT2D eigenvalue weighted by molar-refractivity contribution is -0.121. The minimum absolute atomic E-state index is 0.0924. The van der Waals surface area contributed by atoms with E-state index in [0.717, 1.165) is 18.8 Å². The normalized spacial score (nSPS) is 12.4. The van der Waals surface area contributed by atoms with E-state index in [1.54, 1.807) is 10.7 Å². The number of nitrogens with one attached hydrogen (secondary N) is 2. The molecule has 0 bridgehead atoms. The summed E-state index contributed by atoms with van der Waals surface area (Å²) in [5.41, 5.74) is 1.33. The molecular formula is C17H21FN6O. The number of nitrogens with zero attached hydrogens (tertiary/aromatic N) is 4. The number of hydrogen-bond acceptors (Lipinski definition) is 4. The highest BCUT2D eigenvalue weighted by molar-refractivity contribution is 5.77. The fourth-order valence-electron chi connectivity index (χ4n) is 2.76. The van der Waals surface area contributed by atoms with Crippen LogP contribution in [-0.2, 0) is 17.8 Å². The van der Waals surface area contributed by atoms with Crippen molar-refractivity contribution in [3.63, 3.8) is 0 Å². The second-order valence-electron chi connectivity index (χ2n) is 5.98. The maximum absolute atomic E-state index is 13.2. The number of fused-ring (bicyclic) bond motifs is 1. The summed E-state index contributed by atoms with van der Waals surface area (Å²) in [6, 6.07) is 4.17. The fraction of sp³-hybridized carbons (Fsp3) is 0.412. The molecule has 1 aromatic carbocycles. The van der Waals surface area contributed by atoms with Crippen LogP contribution < -0.4 is 5.32 Å². The molecule has 2 N–H and O–H groups in total. The zero-order valence-corrected chi connectivity index (χ0v) is 14.3. The summed E-state index contributed by atoms with van der Waals surface area (Å²) in [5.74, 6) is 1.00. The number of aromatic nitrogens is 5. The van der Waals surface area contributed by atoms with Gasteiger partial charge < -0.3 is 10.3 Å². The minimum Gasteiger partial charge on any atom is -0.346 e. The van der Waals surface area contributed by atoms with Gasteiger partial charge in [-0.05, 0) is 31.5 Å². The standard InChI is InChI=1S/C17H21FN6O/c1-3-8-24-17(19-10-20-24)11(2)21-16(25)7-6-15-22-13-5-4-12(18)9-14(13)23-15/h4-5,9-11H,3,6-8H2,1-2H3,(H,21,25)(H,22,23)/t11-/m0/s1. The number of rotatable bonds is 7. The van der Waals surface area contributed by atoms with Gasteiger partial charge in [-0.25, -0.2) is 19.0 Å². The number of imidazole rings is 1. The largest absolute Gasteiger partial charge is 0.346 e. The first-order valence-corrected chi connectivity index (χ1v) is 8.38. The molecule has 0 aliphatic heterocycles. The van der Waals surface area contributed by atoms with Crippen LogP contribution in [-0.4, -0.2) is 30.6 Å². The quantitative estimate of drug-likeness (QED) is 0.689. The Morgan fingerprint density at radius 3 is 3.08 bits per heavy atom. The third-order valence-electron chi connectivity index (χ3n) is 3.93. The molecule has 0 saturated heterocycles. The summed E-state index contributed by atoms with van der Waals surface area (Å²) in [6.07, 6.45) is 3.19. The average Bonchev–Trinajstić information content (AvgIpc) is 3.19. The van der Waals surface area contributed by atoms with Crippen molar-refractivity contribution in [1.29, 1.82) is 0 Å². The second kappa shape index (κ2) is 7.42. The van der Waals surface area contributed by atoms with Gasteiger partial charge in [0.2, 0.25) is 5.91 Å². The summed E-state index contributed by atoms with van der Waals surface area (Å²) < 4.78 is 15.0. The fourth-order valence-corrected chi connectivity index (χ4v) is 2.76. The van der Waals surface area contributed by atoms with E-state index < -0.39 is 0 Å². The Kier molecular flexibility index (Phi) is 5.06. The summed E-state index contributed by atoms with van der Waals surface area (Å²) >= 11 is 0. The third kappa shape index (κ3) is 4.01. The molecule has 8 heteroatoms. The molecule has 0 unspecified atom stereocenters. The van der Waals surface area contributed by atoms with E-state index in [1.165, 1.54) is 18.5 Å². The molecule has 0 aliphatic carbocycles. The van der Waals surface area contributed by atoms with Crippen LogP contribution >= 0.6 is 0 Å². The van der Waals surface area contributed by atoms with Crippen molar-refractivity contribution in [1.82, 2.24) is 30.0 Å². The Hall–Kier alpha value is -2.77. The molecule has 1 atom stereocenters. The Balaban J connectivity index is 1.57. The summed E-state index contributed by atoms with van der Waals surface area (Å²) in [5, 5.41) is 7.10. The van der Waals surface area contributed by atoms with E-state index in [9.17, 15) is 9.18 Å². The molecule has 3 rings (SSSR count). The zero-order chi connectivity index (χ0) is 17.8. The Labute approximate surface area is 144 Å². The Morgan fingerprint density at radius 1 is 1.44 bits per heavy atom. The smallest absolute Gasteiger partial charge is 0.221 e. The number of aryl methyl sites for hydroxylation is 2. The van der Waals surface area contributed by atoms with Crippen molar-refractivity contribution in [2.45, 2.75) is 45.7 Å². The molecule has 0 saturated carbocycles. The van der Waals surface area contributed by atoms with Gasteiger partial charge in [0, 0.05) is 19.4 Å². The number of amides is 1. The maximum atomic E-state index is 13.2. The van der Waals surface area contributed by atoms with Crippen molar-refractivity contribution in [2.75, 3.05) is 0 Å². The van der Waals surface area contributed by atoms with E-state index >= 15 is 0 Å². The van der Waals surface area contributed by atoms with E-state index in [2.05, 4.69) is 32.3 Å². The molecule has 7 nitrogen and oxygen atoms in total. The van der Waals surface area contributed by atoms with Crippen LogP contribution in [0, 0.1) is 5.82 Å². The van der Waals surface area contributed by atoms with E-state index in [-0.39, 0.29) is 24.2 Å². The van der Waals surface area contributed by atoms with Crippen LogP contribution in [0.15, 0.2) is 24.5 Å². The molecule has 2 heterocycles. The van der Waals surface area contributed by atoms with Crippen molar-refractivity contribution < 1.29 is 9.18 Å². The molecule has 0 spiro atoms. The number of aromatic amines is 1. The highest BCUT2D eigenvalue weighted by Gasteiger charge is 2.15. The second-order valence-corrected chi connectivity index (χ2v) is 5.98. The van der Waals surface area contributed by atoms with E-state index in [0.29, 0.717) is 23.3 Å². The van der Waals surface area contributed by atoms with Crippen molar-refractivity contribution in [2.24, 2.45) is 0 Å². The molecule has 132 valence electrons. The lowest BCUT2D eigenvalue weighted by Gasteiger charge is -2.14. The monoisotopic (exact) mass is 344 g/mol. The molecule has 25 heavy (non-hydrogen) atoms. The number of hydrogen-bond donors (Lipinski definition) is 2. The lowest BCUT2D eigenvalue weighted by atomic mass is 10.2. The van der Waals surface area contributed by atoms with Crippen LogP contribution in [0.3, 0.4) is 0 Å². The highest BCUT2D eigenvalue weighted by atomic mass is 19.1. The summed E-state index contributed by atoms with van der Waals surface area (Å²) in [7, 11) is 0. The van der Waals surface area contributed by atoms with Crippen LogP contribution in [0.1, 0.15) is 44.4 Å². The molecule has 1 amide bonds. The lowest BCUT2D eigenvalue weighted by Crippen LogP contribution is -2.29. The SMILES string of the molecule is CCCn1ncnc1[C@H](C)NC(=O)CCc1nc2ccc(F)cc2[nH]1. The van der Waals surface area contributed by atoms with Gasteiger partial charge in [-0.1, -0.05) is 6.92 Å². The van der Waals surface area contributed by atoms with Gasteiger partial charge in [0.15, 0.2) is 0 Å². The number of carbonyl (C=O) groups is 1. The Morgan fingerprint density at radius 2 is 2.28 bits per heavy atom. The van der Waals surface area contributed by atoms with Gasteiger partial charge in [0.25, 0.3) is 0 Å². The van der Waals surface area contributed by atoms with Crippen LogP contribution in [0.2, 0.25) is 0 Å². The van der Waals surface area contributed by atoms with E-state index in [1.807, 2.05) is 6.92 Å². The highest BCUT2D eigenvalue weighted by Crippen LogP contribution is 2.14. The number of halogens is 1. The molecule has 2 aromatic heterocycles. The summed E-state index contributed by atoms with van der Waals surface area (Å²) in [4.78, 5) is 23.8. The molecule has 0 radical (unpaired) electrons. The van der Waals surface area contributed by atoms with Crippen molar-refractivity contribution in [3.05, 3.63) is 42.0 Å². The van der Waals surface area contributed by atoms with E-state index in [4.69, 9.17) is 0 Å². The number of benzene rings is 1. The van der Waals surface area contributed by atoms with Gasteiger partial charge >= 0.3 is 0 Å². The predicted octanol–water partition coefficient (Wildman–Crippen LogP) is 2.51. The molecular weight excluding hydrogens is 323 g/mol. The zero-order valence-electron chi connectivity index (χ0n) is 14.3. The molecule has 0 fully saturated rings. The first-order valence-electron chi connectivity index (χ1n) is 8.38. The van der Waals surface area contributed by atoms with Crippen LogP contribution in [0.5, 0.6) is 0 Å². The van der Waals surface area contributed by atoms with Crippen molar-refractivity contribution >= 4 is 16.9 Å². The summed E-state index contributed by atoms with van der Waals surface area (Å²) in [6.45, 7) is 4.72. The number of H-pyrrole nitrogens is 1. The van der Waals surface area contributed by atoms with Crippen LogP contribution in [0.4, 0.5) is 4.39 Å². The van der Waals surface area contributed by atoms with Crippen molar-refractivity contribution in [3.8, 4) is 0 Å². The maximum Gasteiger partial charge on any atom is 0.221 e. The molecule has 0 aliphatic rings. The minimum atomic E-state index is -0.314. The van der Waals surface area contributed by atoms with Gasteiger partial charge in [-0.2, -0.15) is 5.10 Å².